The molecule has 0 radical (unpaired) electrons. The van der Waals surface area contributed by atoms with Gasteiger partial charge in [-0.3, -0.25) is 4.79 Å². The van der Waals surface area contributed by atoms with Gasteiger partial charge in [-0.25, -0.2) is 13.1 Å². The number of sulfonamides is 1. The van der Waals surface area contributed by atoms with Crippen molar-refractivity contribution in [3.05, 3.63) is 41.6 Å². The highest BCUT2D eigenvalue weighted by molar-refractivity contribution is 7.89. The summed E-state index contributed by atoms with van der Waals surface area (Å²) in [6, 6.07) is 7.69. The van der Waals surface area contributed by atoms with Crippen LogP contribution in [0.25, 0.3) is 0 Å². The lowest BCUT2D eigenvalue weighted by atomic mass is 10.2. The van der Waals surface area contributed by atoms with Crippen molar-refractivity contribution in [1.29, 1.82) is 0 Å². The molecule has 0 saturated heterocycles. The Hall–Kier alpha value is -2.19. The molecule has 0 saturated carbocycles. The summed E-state index contributed by atoms with van der Waals surface area (Å²) in [6.07, 6.45) is 0. The Labute approximate surface area is 155 Å². The number of carbonyl (C=O) groups is 1. The van der Waals surface area contributed by atoms with Gasteiger partial charge in [0.15, 0.2) is 0 Å². The second-order valence-electron chi connectivity index (χ2n) is 6.80. The van der Waals surface area contributed by atoms with Crippen molar-refractivity contribution in [3.8, 4) is 0 Å². The molecule has 142 valence electrons. The molecule has 0 aliphatic rings. The van der Waals surface area contributed by atoms with E-state index in [9.17, 15) is 13.2 Å². The van der Waals surface area contributed by atoms with Crippen LogP contribution < -0.4 is 5.32 Å². The minimum absolute atomic E-state index is 0.109. The van der Waals surface area contributed by atoms with Gasteiger partial charge < -0.3 is 5.32 Å². The number of aryl methyl sites for hydroxylation is 1. The maximum Gasteiger partial charge on any atom is 0.256 e. The van der Waals surface area contributed by atoms with Gasteiger partial charge in [0, 0.05) is 30.8 Å². The van der Waals surface area contributed by atoms with Crippen LogP contribution in [0.2, 0.25) is 0 Å². The fraction of sp³-hybridized carbons (Fsp3) is 0.444. The Bertz CT molecular complexity index is 884. The summed E-state index contributed by atoms with van der Waals surface area (Å²) in [5.74, 6) is 0.298. The minimum Gasteiger partial charge on any atom is -0.307 e. The first-order valence-electron chi connectivity index (χ1n) is 8.49. The number of aromatic nitrogens is 2. The molecular weight excluding hydrogens is 352 g/mol. The Morgan fingerprint density at radius 3 is 2.23 bits per heavy atom. The van der Waals surface area contributed by atoms with Crippen molar-refractivity contribution in [1.82, 2.24) is 14.1 Å². The number of anilines is 1. The van der Waals surface area contributed by atoms with Gasteiger partial charge in [-0.05, 0) is 58.9 Å². The summed E-state index contributed by atoms with van der Waals surface area (Å²) in [6.45, 7) is 9.43. The van der Waals surface area contributed by atoms with Crippen LogP contribution in [0.3, 0.4) is 0 Å². The number of carbonyl (C=O) groups excluding carboxylic acids is 1. The molecule has 0 unspecified atom stereocenters. The van der Waals surface area contributed by atoms with E-state index < -0.39 is 10.0 Å². The van der Waals surface area contributed by atoms with Gasteiger partial charge in [-0.15, -0.1) is 0 Å². The highest BCUT2D eigenvalue weighted by Gasteiger charge is 2.23. The number of nitrogens with one attached hydrogen (secondary N) is 1. The lowest BCUT2D eigenvalue weighted by molar-refractivity contribution is 0.102. The van der Waals surface area contributed by atoms with E-state index in [1.165, 1.54) is 35.6 Å². The summed E-state index contributed by atoms with van der Waals surface area (Å²) >= 11 is 0. The zero-order chi connectivity index (χ0) is 19.6. The summed E-state index contributed by atoms with van der Waals surface area (Å²) in [5.41, 5.74) is 1.19. The van der Waals surface area contributed by atoms with Crippen LogP contribution in [0, 0.1) is 6.92 Å². The van der Waals surface area contributed by atoms with Crippen LogP contribution in [0.15, 0.2) is 35.2 Å². The third kappa shape index (κ3) is 4.13. The van der Waals surface area contributed by atoms with Gasteiger partial charge in [-0.1, -0.05) is 0 Å². The molecule has 26 heavy (non-hydrogen) atoms. The molecule has 0 bridgehead atoms. The van der Waals surface area contributed by atoms with E-state index in [0.29, 0.717) is 11.4 Å². The maximum atomic E-state index is 12.5. The summed E-state index contributed by atoms with van der Waals surface area (Å²) in [5, 5.41) is 7.19. The molecule has 2 rings (SSSR count). The fourth-order valence-corrected chi connectivity index (χ4v) is 3.78. The summed E-state index contributed by atoms with van der Waals surface area (Å²) < 4.78 is 28.0. The highest BCUT2D eigenvalue weighted by atomic mass is 32.2. The average molecular weight is 378 g/mol. The van der Waals surface area contributed by atoms with E-state index in [2.05, 4.69) is 10.4 Å². The van der Waals surface area contributed by atoms with Crippen molar-refractivity contribution in [3.63, 3.8) is 0 Å². The van der Waals surface area contributed by atoms with Gasteiger partial charge in [0.2, 0.25) is 10.0 Å². The van der Waals surface area contributed by atoms with Crippen molar-refractivity contribution in [2.45, 2.75) is 51.6 Å². The average Bonchev–Trinajstić information content (AvgIpc) is 2.94. The van der Waals surface area contributed by atoms with Crippen LogP contribution in [0.1, 0.15) is 49.8 Å². The number of benzene rings is 1. The number of nitrogens with zero attached hydrogens (tertiary/aromatic N) is 3. The van der Waals surface area contributed by atoms with E-state index in [0.717, 1.165) is 5.69 Å². The Kier molecular flexibility index (Phi) is 5.87. The molecule has 0 fully saturated rings. The SMILES string of the molecule is Cc1cc(NC(=O)c2ccc(S(=O)(=O)N(C)C(C)C)cc2)n(C(C)C)n1. The van der Waals surface area contributed by atoms with Crippen LogP contribution >= 0.6 is 0 Å². The number of rotatable bonds is 6. The normalized spacial score (nSPS) is 12.2. The standard InChI is InChI=1S/C18H26N4O3S/c1-12(2)21(6)26(24,25)16-9-7-15(8-10-16)18(23)19-17-11-14(5)20-22(17)13(3)4/h7-13H,1-6H3,(H,19,23). The van der Waals surface area contributed by atoms with E-state index in [-0.39, 0.29) is 22.9 Å². The molecule has 0 spiro atoms. The number of hydrogen-bond acceptors (Lipinski definition) is 4. The quantitative estimate of drug-likeness (QED) is 0.837. The predicted molar refractivity (Wildman–Crippen MR) is 102 cm³/mol. The van der Waals surface area contributed by atoms with Crippen LogP contribution in [0.5, 0.6) is 0 Å². The number of amides is 1. The molecule has 8 heteroatoms. The van der Waals surface area contributed by atoms with E-state index in [1.807, 2.05) is 20.8 Å². The predicted octanol–water partition coefficient (Wildman–Crippen LogP) is 3.05. The van der Waals surface area contributed by atoms with E-state index in [1.54, 1.807) is 24.6 Å². The second kappa shape index (κ2) is 7.59. The first kappa shape index (κ1) is 20.1. The molecular formula is C18H26N4O3S. The molecule has 1 amide bonds. The zero-order valence-electron chi connectivity index (χ0n) is 16.0. The zero-order valence-corrected chi connectivity index (χ0v) is 16.8. The topological polar surface area (TPSA) is 84.3 Å². The van der Waals surface area contributed by atoms with Gasteiger partial charge in [0.05, 0.1) is 10.6 Å². The lowest BCUT2D eigenvalue weighted by Gasteiger charge is -2.21. The Morgan fingerprint density at radius 1 is 1.15 bits per heavy atom. The lowest BCUT2D eigenvalue weighted by Crippen LogP contribution is -2.33. The van der Waals surface area contributed by atoms with E-state index >= 15 is 0 Å². The van der Waals surface area contributed by atoms with Gasteiger partial charge >= 0.3 is 0 Å². The first-order chi connectivity index (χ1) is 12.0. The van der Waals surface area contributed by atoms with Crippen molar-refractivity contribution < 1.29 is 13.2 Å². The third-order valence-electron chi connectivity index (χ3n) is 4.11. The number of hydrogen-bond donors (Lipinski definition) is 1. The second-order valence-corrected chi connectivity index (χ2v) is 8.80. The molecule has 0 aliphatic carbocycles. The van der Waals surface area contributed by atoms with Crippen molar-refractivity contribution in [2.24, 2.45) is 0 Å². The fourth-order valence-electron chi connectivity index (χ4n) is 2.41. The Balaban J connectivity index is 2.22. The van der Waals surface area contributed by atoms with Crippen LogP contribution in [0.4, 0.5) is 5.82 Å². The van der Waals surface area contributed by atoms with Gasteiger partial charge in [0.25, 0.3) is 5.91 Å². The molecule has 1 aromatic heterocycles. The molecule has 0 aliphatic heterocycles. The van der Waals surface area contributed by atoms with Crippen LogP contribution in [-0.2, 0) is 10.0 Å². The van der Waals surface area contributed by atoms with Crippen molar-refractivity contribution in [2.75, 3.05) is 12.4 Å². The molecule has 1 heterocycles. The largest absolute Gasteiger partial charge is 0.307 e. The Morgan fingerprint density at radius 2 is 1.73 bits per heavy atom. The molecule has 2 aromatic rings. The maximum absolute atomic E-state index is 12.5. The van der Waals surface area contributed by atoms with Crippen molar-refractivity contribution >= 4 is 21.7 Å². The highest BCUT2D eigenvalue weighted by Crippen LogP contribution is 2.19. The third-order valence-corrected chi connectivity index (χ3v) is 6.16. The smallest absolute Gasteiger partial charge is 0.256 e. The monoisotopic (exact) mass is 378 g/mol. The summed E-state index contributed by atoms with van der Waals surface area (Å²) in [7, 11) is -2.03. The molecule has 0 atom stereocenters. The van der Waals surface area contributed by atoms with Crippen LogP contribution in [-0.4, -0.2) is 41.5 Å². The van der Waals surface area contributed by atoms with E-state index in [4.69, 9.17) is 0 Å². The molecule has 1 N–H and O–H groups in total. The molecule has 7 nitrogen and oxygen atoms in total. The summed E-state index contributed by atoms with van der Waals surface area (Å²) in [4.78, 5) is 12.6. The minimum atomic E-state index is -3.57. The first-order valence-corrected chi connectivity index (χ1v) is 9.93. The molecule has 1 aromatic carbocycles. The van der Waals surface area contributed by atoms with Gasteiger partial charge in [-0.2, -0.15) is 9.40 Å². The van der Waals surface area contributed by atoms with Gasteiger partial charge in [0.1, 0.15) is 5.82 Å².